The average Bonchev–Trinajstić information content (AvgIpc) is 3.29. The van der Waals surface area contributed by atoms with Gasteiger partial charge in [-0.15, -0.1) is 0 Å². The fourth-order valence-corrected chi connectivity index (χ4v) is 3.30. The molecule has 0 spiro atoms. The second-order valence-corrected chi connectivity index (χ2v) is 6.23. The highest BCUT2D eigenvalue weighted by atomic mass is 16.5. The number of aromatic nitrogens is 2. The lowest BCUT2D eigenvalue weighted by molar-refractivity contribution is -0.117. The van der Waals surface area contributed by atoms with Crippen LogP contribution in [0.25, 0.3) is 11.4 Å². The van der Waals surface area contributed by atoms with Crippen molar-refractivity contribution in [2.45, 2.75) is 32.1 Å². The molecule has 0 aliphatic heterocycles. The average molecular weight is 333 g/mol. The first-order valence-electron chi connectivity index (χ1n) is 8.56. The van der Waals surface area contributed by atoms with Gasteiger partial charge in [0.25, 0.3) is 0 Å². The van der Waals surface area contributed by atoms with E-state index in [-0.39, 0.29) is 11.8 Å². The molecule has 1 unspecified atom stereocenters. The van der Waals surface area contributed by atoms with E-state index in [1.807, 2.05) is 49.4 Å². The van der Waals surface area contributed by atoms with Crippen LogP contribution in [0.2, 0.25) is 0 Å². The van der Waals surface area contributed by atoms with E-state index in [0.717, 1.165) is 36.1 Å². The van der Waals surface area contributed by atoms with Gasteiger partial charge < -0.3 is 9.84 Å². The first-order valence-corrected chi connectivity index (χ1v) is 8.56. The van der Waals surface area contributed by atoms with E-state index in [2.05, 4.69) is 21.5 Å². The van der Waals surface area contributed by atoms with Crippen molar-refractivity contribution in [3.63, 3.8) is 0 Å². The maximum Gasteiger partial charge on any atom is 0.231 e. The van der Waals surface area contributed by atoms with Crippen LogP contribution in [0.3, 0.4) is 0 Å². The third-order valence-electron chi connectivity index (χ3n) is 4.61. The predicted molar refractivity (Wildman–Crippen MR) is 95.2 cm³/mol. The van der Waals surface area contributed by atoms with E-state index in [0.29, 0.717) is 11.7 Å². The van der Waals surface area contributed by atoms with Gasteiger partial charge in [-0.2, -0.15) is 4.98 Å². The minimum Gasteiger partial charge on any atom is -0.339 e. The Bertz CT molecular complexity index is 902. The summed E-state index contributed by atoms with van der Waals surface area (Å²) >= 11 is 0. The summed E-state index contributed by atoms with van der Waals surface area (Å²) < 4.78 is 5.19. The van der Waals surface area contributed by atoms with Crippen molar-refractivity contribution >= 4 is 11.6 Å². The summed E-state index contributed by atoms with van der Waals surface area (Å²) in [4.78, 5) is 17.0. The molecule has 0 bridgehead atoms. The Morgan fingerprint density at radius 3 is 2.84 bits per heavy atom. The molecule has 1 N–H and O–H groups in total. The van der Waals surface area contributed by atoms with Gasteiger partial charge in [0.2, 0.25) is 17.6 Å². The summed E-state index contributed by atoms with van der Waals surface area (Å²) in [5.74, 6) is 1.18. The Hall–Kier alpha value is -2.95. The Kier molecular flexibility index (Phi) is 4.06. The smallest absolute Gasteiger partial charge is 0.231 e. The highest BCUT2D eigenvalue weighted by molar-refractivity contribution is 5.96. The molecule has 5 nitrogen and oxygen atoms in total. The van der Waals surface area contributed by atoms with Crippen molar-refractivity contribution in [2.24, 2.45) is 0 Å². The highest BCUT2D eigenvalue weighted by Crippen LogP contribution is 2.36. The quantitative estimate of drug-likeness (QED) is 0.784. The number of fused-ring (bicyclic) bond motifs is 1. The third-order valence-corrected chi connectivity index (χ3v) is 4.61. The van der Waals surface area contributed by atoms with Gasteiger partial charge in [-0.3, -0.25) is 4.79 Å². The van der Waals surface area contributed by atoms with Gasteiger partial charge in [-0.25, -0.2) is 0 Å². The van der Waals surface area contributed by atoms with E-state index >= 15 is 0 Å². The number of amides is 1. The number of para-hydroxylation sites is 1. The fraction of sp³-hybridized carbons (Fsp3) is 0.250. The van der Waals surface area contributed by atoms with Crippen LogP contribution in [0.4, 0.5) is 5.69 Å². The van der Waals surface area contributed by atoms with E-state index < -0.39 is 0 Å². The van der Waals surface area contributed by atoms with Gasteiger partial charge in [-0.1, -0.05) is 42.4 Å². The van der Waals surface area contributed by atoms with Crippen LogP contribution in [0.5, 0.6) is 0 Å². The van der Waals surface area contributed by atoms with Crippen LogP contribution in [0.15, 0.2) is 53.1 Å². The lowest BCUT2D eigenvalue weighted by Gasteiger charge is -2.12. The van der Waals surface area contributed by atoms with Crippen LogP contribution in [0, 0.1) is 0 Å². The monoisotopic (exact) mass is 333 g/mol. The molecule has 1 aliphatic rings. The van der Waals surface area contributed by atoms with E-state index in [4.69, 9.17) is 4.52 Å². The van der Waals surface area contributed by atoms with Crippen molar-refractivity contribution in [3.05, 3.63) is 65.5 Å². The number of benzene rings is 2. The van der Waals surface area contributed by atoms with Gasteiger partial charge >= 0.3 is 0 Å². The molecule has 1 aromatic heterocycles. The fourth-order valence-electron chi connectivity index (χ4n) is 3.30. The third kappa shape index (κ3) is 3.05. The lowest BCUT2D eigenvalue weighted by Crippen LogP contribution is -2.19. The molecule has 25 heavy (non-hydrogen) atoms. The zero-order valence-corrected chi connectivity index (χ0v) is 14.0. The Morgan fingerprint density at radius 2 is 2.08 bits per heavy atom. The molecule has 3 aromatic rings. The number of nitrogens with zero attached hydrogens (tertiary/aromatic N) is 2. The molecular weight excluding hydrogens is 314 g/mol. The topological polar surface area (TPSA) is 68.0 Å². The molecule has 5 heteroatoms. The maximum absolute atomic E-state index is 12.6. The summed E-state index contributed by atoms with van der Waals surface area (Å²) in [7, 11) is 0. The van der Waals surface area contributed by atoms with Gasteiger partial charge in [-0.05, 0) is 42.2 Å². The number of anilines is 1. The number of carbonyl (C=O) groups is 1. The molecule has 0 saturated carbocycles. The van der Waals surface area contributed by atoms with Crippen LogP contribution >= 0.6 is 0 Å². The normalized spacial score (nSPS) is 15.8. The van der Waals surface area contributed by atoms with Crippen molar-refractivity contribution in [1.82, 2.24) is 10.1 Å². The molecule has 0 saturated heterocycles. The lowest BCUT2D eigenvalue weighted by atomic mass is 9.98. The second kappa shape index (κ2) is 6.51. The largest absolute Gasteiger partial charge is 0.339 e. The Balaban J connectivity index is 1.55. The van der Waals surface area contributed by atoms with Gasteiger partial charge in [0, 0.05) is 17.7 Å². The minimum atomic E-state index is -0.110. The molecule has 1 atom stereocenters. The van der Waals surface area contributed by atoms with Crippen LogP contribution < -0.4 is 5.32 Å². The van der Waals surface area contributed by atoms with E-state index in [1.165, 1.54) is 5.56 Å². The zero-order chi connectivity index (χ0) is 17.2. The molecule has 1 aliphatic carbocycles. The summed E-state index contributed by atoms with van der Waals surface area (Å²) in [5.41, 5.74) is 4.05. The molecular formula is C20H19N3O2. The number of carbonyl (C=O) groups excluding carboxylic acids is 1. The SMILES string of the molecule is CCc1nc(-c2ccc3c(c2)CCC3C(=O)Nc2ccccc2)no1. The maximum atomic E-state index is 12.6. The number of aryl methyl sites for hydroxylation is 2. The molecule has 0 fully saturated rings. The van der Waals surface area contributed by atoms with Crippen molar-refractivity contribution in [2.75, 3.05) is 5.32 Å². The number of hydrogen-bond acceptors (Lipinski definition) is 4. The van der Waals surface area contributed by atoms with E-state index in [1.54, 1.807) is 0 Å². The van der Waals surface area contributed by atoms with Gasteiger partial charge in [0.05, 0.1) is 5.92 Å². The van der Waals surface area contributed by atoms with Crippen molar-refractivity contribution < 1.29 is 9.32 Å². The number of nitrogens with one attached hydrogen (secondary N) is 1. The molecule has 1 amide bonds. The van der Waals surface area contributed by atoms with Crippen LogP contribution in [-0.2, 0) is 17.6 Å². The minimum absolute atomic E-state index is 0.0468. The van der Waals surface area contributed by atoms with Crippen molar-refractivity contribution in [1.29, 1.82) is 0 Å². The number of hydrogen-bond donors (Lipinski definition) is 1. The summed E-state index contributed by atoms with van der Waals surface area (Å²) in [6.45, 7) is 1.98. The summed E-state index contributed by atoms with van der Waals surface area (Å²) in [6.07, 6.45) is 2.43. The molecule has 0 radical (unpaired) electrons. The first-order chi connectivity index (χ1) is 12.2. The van der Waals surface area contributed by atoms with Crippen LogP contribution in [0.1, 0.15) is 36.3 Å². The molecule has 1 heterocycles. The highest BCUT2D eigenvalue weighted by Gasteiger charge is 2.29. The van der Waals surface area contributed by atoms with Gasteiger partial charge in [0.1, 0.15) is 0 Å². The molecule has 126 valence electrons. The summed E-state index contributed by atoms with van der Waals surface area (Å²) in [6, 6.07) is 15.6. The van der Waals surface area contributed by atoms with Crippen LogP contribution in [-0.4, -0.2) is 16.0 Å². The zero-order valence-electron chi connectivity index (χ0n) is 14.0. The standard InChI is InChI=1S/C20H19N3O2/c1-2-18-22-19(23-25-18)14-9-10-16-13(12-14)8-11-17(16)20(24)21-15-6-4-3-5-7-15/h3-7,9-10,12,17H,2,8,11H2,1H3,(H,21,24). The van der Waals surface area contributed by atoms with E-state index in [9.17, 15) is 4.79 Å². The molecule has 2 aromatic carbocycles. The first kappa shape index (κ1) is 15.6. The number of rotatable bonds is 4. The Labute approximate surface area is 146 Å². The predicted octanol–water partition coefficient (Wildman–Crippen LogP) is 3.97. The van der Waals surface area contributed by atoms with Gasteiger partial charge in [0.15, 0.2) is 0 Å². The van der Waals surface area contributed by atoms with Crippen molar-refractivity contribution in [3.8, 4) is 11.4 Å². The Morgan fingerprint density at radius 1 is 1.24 bits per heavy atom. The summed E-state index contributed by atoms with van der Waals surface area (Å²) in [5, 5.41) is 7.03. The molecule has 4 rings (SSSR count). The second-order valence-electron chi connectivity index (χ2n) is 6.23.